The monoisotopic (exact) mass is 361 g/mol. The molecule has 0 spiro atoms. The van der Waals surface area contributed by atoms with Crippen LogP contribution in [-0.2, 0) is 6.42 Å². The summed E-state index contributed by atoms with van der Waals surface area (Å²) in [6, 6.07) is 7.87. The Bertz CT molecular complexity index is 870. The molecule has 0 radical (unpaired) electrons. The van der Waals surface area contributed by atoms with Gasteiger partial charge in [0.2, 0.25) is 5.95 Å². The standard InChI is InChI=1S/C20H23N7/c1-2-17-15-18(25-19(24-17)16-5-9-21-10-6-16)26-11-4-12-27(14-13-26)20-22-7-3-8-23-20/h3,5-10,15H,2,4,11-14H2,1H3. The van der Waals surface area contributed by atoms with Crippen molar-refractivity contribution < 1.29 is 0 Å². The van der Waals surface area contributed by atoms with Crippen LogP contribution in [0.2, 0.25) is 0 Å². The zero-order chi connectivity index (χ0) is 18.5. The van der Waals surface area contributed by atoms with Crippen LogP contribution in [0.25, 0.3) is 11.4 Å². The van der Waals surface area contributed by atoms with Crippen LogP contribution in [0, 0.1) is 0 Å². The second kappa shape index (κ2) is 8.07. The zero-order valence-electron chi connectivity index (χ0n) is 15.5. The van der Waals surface area contributed by atoms with E-state index in [0.717, 1.165) is 67.9 Å². The predicted octanol–water partition coefficient (Wildman–Crippen LogP) is 2.61. The lowest BCUT2D eigenvalue weighted by molar-refractivity contribution is 0.781. The summed E-state index contributed by atoms with van der Waals surface area (Å²) in [4.78, 5) is 27.0. The van der Waals surface area contributed by atoms with Crippen LogP contribution >= 0.6 is 0 Å². The molecule has 0 aromatic carbocycles. The molecule has 0 atom stereocenters. The van der Waals surface area contributed by atoms with E-state index in [1.165, 1.54) is 0 Å². The number of pyridine rings is 1. The number of aryl methyl sites for hydroxylation is 1. The number of nitrogens with zero attached hydrogens (tertiary/aromatic N) is 7. The van der Waals surface area contributed by atoms with Gasteiger partial charge >= 0.3 is 0 Å². The lowest BCUT2D eigenvalue weighted by Gasteiger charge is -2.23. The molecular weight excluding hydrogens is 338 g/mol. The van der Waals surface area contributed by atoms with E-state index in [1.54, 1.807) is 24.8 Å². The minimum atomic E-state index is 0.763. The zero-order valence-corrected chi connectivity index (χ0v) is 15.5. The molecule has 0 saturated carbocycles. The molecule has 3 aromatic rings. The first kappa shape index (κ1) is 17.3. The van der Waals surface area contributed by atoms with Crippen LogP contribution in [-0.4, -0.2) is 51.1 Å². The minimum Gasteiger partial charge on any atom is -0.355 e. The highest BCUT2D eigenvalue weighted by Gasteiger charge is 2.19. The Labute approximate surface area is 159 Å². The number of aromatic nitrogens is 5. The van der Waals surface area contributed by atoms with Crippen LogP contribution < -0.4 is 9.80 Å². The van der Waals surface area contributed by atoms with Crippen molar-refractivity contribution in [2.45, 2.75) is 19.8 Å². The van der Waals surface area contributed by atoms with Gasteiger partial charge in [-0.05, 0) is 31.0 Å². The van der Waals surface area contributed by atoms with Gasteiger partial charge in [0.25, 0.3) is 0 Å². The van der Waals surface area contributed by atoms with Gasteiger partial charge in [-0.25, -0.2) is 19.9 Å². The van der Waals surface area contributed by atoms with E-state index in [4.69, 9.17) is 9.97 Å². The summed E-state index contributed by atoms with van der Waals surface area (Å²) >= 11 is 0. The molecule has 1 fully saturated rings. The highest BCUT2D eigenvalue weighted by Crippen LogP contribution is 2.22. The maximum atomic E-state index is 4.85. The molecule has 1 saturated heterocycles. The summed E-state index contributed by atoms with van der Waals surface area (Å²) in [6.07, 6.45) is 9.06. The summed E-state index contributed by atoms with van der Waals surface area (Å²) in [5, 5.41) is 0. The van der Waals surface area contributed by atoms with Gasteiger partial charge in [-0.15, -0.1) is 0 Å². The molecule has 0 aliphatic carbocycles. The molecule has 4 heterocycles. The molecule has 27 heavy (non-hydrogen) atoms. The predicted molar refractivity (Wildman–Crippen MR) is 106 cm³/mol. The molecule has 138 valence electrons. The molecule has 7 nitrogen and oxygen atoms in total. The fraction of sp³-hybridized carbons (Fsp3) is 0.350. The first-order chi connectivity index (χ1) is 13.3. The Kier molecular flexibility index (Phi) is 5.18. The SMILES string of the molecule is CCc1cc(N2CCCN(c3ncccn3)CC2)nc(-c2ccncc2)n1. The van der Waals surface area contributed by atoms with E-state index in [1.807, 2.05) is 18.2 Å². The van der Waals surface area contributed by atoms with Crippen LogP contribution in [0.5, 0.6) is 0 Å². The van der Waals surface area contributed by atoms with Gasteiger partial charge < -0.3 is 9.80 Å². The number of hydrogen-bond acceptors (Lipinski definition) is 7. The van der Waals surface area contributed by atoms with E-state index >= 15 is 0 Å². The average Bonchev–Trinajstić information content (AvgIpc) is 3.01. The first-order valence-electron chi connectivity index (χ1n) is 9.39. The normalized spacial score (nSPS) is 14.9. The molecule has 1 aliphatic rings. The summed E-state index contributed by atoms with van der Waals surface area (Å²) in [6.45, 7) is 5.79. The Morgan fingerprint density at radius 2 is 1.63 bits per heavy atom. The van der Waals surface area contributed by atoms with Crippen LogP contribution in [0.1, 0.15) is 19.0 Å². The second-order valence-electron chi connectivity index (χ2n) is 6.51. The maximum absolute atomic E-state index is 4.85. The van der Waals surface area contributed by atoms with Crippen molar-refractivity contribution in [2.24, 2.45) is 0 Å². The van der Waals surface area contributed by atoms with E-state index in [9.17, 15) is 0 Å². The van der Waals surface area contributed by atoms with E-state index in [2.05, 4.69) is 37.7 Å². The lowest BCUT2D eigenvalue weighted by atomic mass is 10.2. The van der Waals surface area contributed by atoms with Gasteiger partial charge in [-0.2, -0.15) is 0 Å². The molecule has 0 unspecified atom stereocenters. The maximum Gasteiger partial charge on any atom is 0.225 e. The third-order valence-corrected chi connectivity index (χ3v) is 4.72. The molecule has 0 N–H and O–H groups in total. The van der Waals surface area contributed by atoms with Gasteiger partial charge in [0, 0.05) is 68.3 Å². The average molecular weight is 361 g/mol. The Morgan fingerprint density at radius 3 is 2.41 bits per heavy atom. The van der Waals surface area contributed by atoms with Crippen LogP contribution in [0.4, 0.5) is 11.8 Å². The van der Waals surface area contributed by atoms with Crippen molar-refractivity contribution in [2.75, 3.05) is 36.0 Å². The quantitative estimate of drug-likeness (QED) is 0.707. The third kappa shape index (κ3) is 4.02. The number of rotatable bonds is 4. The number of anilines is 2. The minimum absolute atomic E-state index is 0.763. The summed E-state index contributed by atoms with van der Waals surface area (Å²) in [7, 11) is 0. The smallest absolute Gasteiger partial charge is 0.225 e. The van der Waals surface area contributed by atoms with E-state index in [-0.39, 0.29) is 0 Å². The molecular formula is C20H23N7. The van der Waals surface area contributed by atoms with Gasteiger partial charge in [0.1, 0.15) is 5.82 Å². The van der Waals surface area contributed by atoms with Gasteiger partial charge in [-0.3, -0.25) is 4.98 Å². The molecule has 0 amide bonds. The molecule has 3 aromatic heterocycles. The highest BCUT2D eigenvalue weighted by atomic mass is 15.3. The largest absolute Gasteiger partial charge is 0.355 e. The Hall–Kier alpha value is -3.09. The van der Waals surface area contributed by atoms with Crippen LogP contribution in [0.3, 0.4) is 0 Å². The Morgan fingerprint density at radius 1 is 0.889 bits per heavy atom. The van der Waals surface area contributed by atoms with Crippen LogP contribution in [0.15, 0.2) is 49.1 Å². The summed E-state index contributed by atoms with van der Waals surface area (Å²) in [5.74, 6) is 2.55. The topological polar surface area (TPSA) is 70.9 Å². The first-order valence-corrected chi connectivity index (χ1v) is 9.39. The number of hydrogen-bond donors (Lipinski definition) is 0. The van der Waals surface area contributed by atoms with Gasteiger partial charge in [0.05, 0.1) is 0 Å². The van der Waals surface area contributed by atoms with E-state index < -0.39 is 0 Å². The molecule has 1 aliphatic heterocycles. The fourth-order valence-electron chi connectivity index (χ4n) is 3.26. The van der Waals surface area contributed by atoms with Crippen molar-refractivity contribution >= 4 is 11.8 Å². The van der Waals surface area contributed by atoms with Crippen molar-refractivity contribution in [3.63, 3.8) is 0 Å². The molecule has 0 bridgehead atoms. The third-order valence-electron chi connectivity index (χ3n) is 4.72. The van der Waals surface area contributed by atoms with Gasteiger partial charge in [-0.1, -0.05) is 6.92 Å². The second-order valence-corrected chi connectivity index (χ2v) is 6.51. The van der Waals surface area contributed by atoms with Crippen molar-refractivity contribution in [3.05, 3.63) is 54.7 Å². The summed E-state index contributed by atoms with van der Waals surface area (Å²) in [5.41, 5.74) is 2.05. The highest BCUT2D eigenvalue weighted by molar-refractivity contribution is 5.57. The lowest BCUT2D eigenvalue weighted by Crippen LogP contribution is -2.32. The molecule has 7 heteroatoms. The summed E-state index contributed by atoms with van der Waals surface area (Å²) < 4.78 is 0. The van der Waals surface area contributed by atoms with Crippen molar-refractivity contribution in [1.82, 2.24) is 24.9 Å². The van der Waals surface area contributed by atoms with Gasteiger partial charge in [0.15, 0.2) is 5.82 Å². The fourth-order valence-corrected chi connectivity index (χ4v) is 3.26. The van der Waals surface area contributed by atoms with E-state index in [0.29, 0.717) is 0 Å². The van der Waals surface area contributed by atoms with Crippen molar-refractivity contribution in [3.8, 4) is 11.4 Å². The van der Waals surface area contributed by atoms with Crippen molar-refractivity contribution in [1.29, 1.82) is 0 Å². The molecule has 4 rings (SSSR count). The Balaban J connectivity index is 1.58.